The van der Waals surface area contributed by atoms with Gasteiger partial charge in [0.05, 0.1) is 10.5 Å². The van der Waals surface area contributed by atoms with Gasteiger partial charge in [0.2, 0.25) is 11.7 Å². The molecule has 0 spiro atoms. The number of alkyl halides is 3. The first-order valence-electron chi connectivity index (χ1n) is 9.94. The lowest BCUT2D eigenvalue weighted by Gasteiger charge is -2.35. The van der Waals surface area contributed by atoms with Crippen LogP contribution in [0, 0.1) is 10.1 Å². The van der Waals surface area contributed by atoms with E-state index in [-0.39, 0.29) is 29.5 Å². The zero-order valence-electron chi connectivity index (χ0n) is 17.1. The van der Waals surface area contributed by atoms with Crippen LogP contribution in [0.5, 0.6) is 0 Å². The molecule has 33 heavy (non-hydrogen) atoms. The van der Waals surface area contributed by atoms with Crippen molar-refractivity contribution in [3.8, 4) is 11.4 Å². The largest absolute Gasteiger partial charge is 0.416 e. The van der Waals surface area contributed by atoms with E-state index in [1.54, 1.807) is 23.1 Å². The number of carbonyl (C=O) groups excluding carboxylic acids is 1. The third kappa shape index (κ3) is 4.91. The van der Waals surface area contributed by atoms with Crippen LogP contribution in [-0.2, 0) is 17.5 Å². The van der Waals surface area contributed by atoms with Crippen molar-refractivity contribution in [1.29, 1.82) is 0 Å². The van der Waals surface area contributed by atoms with Crippen LogP contribution in [0.15, 0.2) is 48.5 Å². The summed E-state index contributed by atoms with van der Waals surface area (Å²) in [6, 6.07) is 11.0. The van der Waals surface area contributed by atoms with Gasteiger partial charge in [-0.25, -0.2) is 0 Å². The molecule has 1 saturated heterocycles. The van der Waals surface area contributed by atoms with E-state index >= 15 is 0 Å². The average Bonchev–Trinajstić information content (AvgIpc) is 3.27. The van der Waals surface area contributed by atoms with Crippen molar-refractivity contribution < 1.29 is 22.9 Å². The van der Waals surface area contributed by atoms with E-state index in [0.29, 0.717) is 31.9 Å². The minimum Gasteiger partial charge on any atom is -0.362 e. The van der Waals surface area contributed by atoms with E-state index in [4.69, 9.17) is 0 Å². The van der Waals surface area contributed by atoms with Crippen molar-refractivity contribution in [2.24, 2.45) is 0 Å². The number of anilines is 1. The third-order valence-electron chi connectivity index (χ3n) is 5.23. The minimum atomic E-state index is -4.50. The molecule has 1 amide bonds. The number of carbonyl (C=O) groups is 1. The highest BCUT2D eigenvalue weighted by Crippen LogP contribution is 2.31. The number of aromatic nitrogens is 4. The molecule has 0 atom stereocenters. The van der Waals surface area contributed by atoms with Gasteiger partial charge in [-0.05, 0) is 23.4 Å². The summed E-state index contributed by atoms with van der Waals surface area (Å²) in [7, 11) is 0. The Morgan fingerprint density at radius 3 is 2.48 bits per heavy atom. The van der Waals surface area contributed by atoms with E-state index in [9.17, 15) is 28.1 Å². The van der Waals surface area contributed by atoms with E-state index in [0.717, 1.165) is 16.9 Å². The number of hydrogen-bond donors (Lipinski definition) is 0. The van der Waals surface area contributed by atoms with Gasteiger partial charge in [0.25, 0.3) is 5.69 Å². The van der Waals surface area contributed by atoms with Gasteiger partial charge in [-0.1, -0.05) is 24.3 Å². The van der Waals surface area contributed by atoms with Gasteiger partial charge in [-0.15, -0.1) is 10.2 Å². The van der Waals surface area contributed by atoms with Crippen LogP contribution in [0.3, 0.4) is 0 Å². The molecule has 0 unspecified atom stereocenters. The van der Waals surface area contributed by atoms with Crippen molar-refractivity contribution in [3.05, 3.63) is 64.2 Å². The van der Waals surface area contributed by atoms with Crippen molar-refractivity contribution in [2.75, 3.05) is 31.1 Å². The van der Waals surface area contributed by atoms with Gasteiger partial charge in [-0.3, -0.25) is 14.9 Å². The van der Waals surface area contributed by atoms with E-state index in [1.165, 1.54) is 18.2 Å². The second-order valence-corrected chi connectivity index (χ2v) is 7.34. The molecule has 10 nitrogen and oxygen atoms in total. The normalized spacial score (nSPS) is 14.4. The standard InChI is InChI=1S/C20H18F3N7O3/c21-20(22,23)15-5-3-4-14(12-15)19-24-26-29(25-19)13-18(31)28-10-8-27(9-11-28)16-6-1-2-7-17(16)30(32)33/h1-7,12H,8-11,13H2. The number of hydrogen-bond acceptors (Lipinski definition) is 7. The molecule has 172 valence electrons. The van der Waals surface area contributed by atoms with E-state index in [1.807, 2.05) is 4.90 Å². The zero-order chi connectivity index (χ0) is 23.6. The Morgan fingerprint density at radius 1 is 1.06 bits per heavy atom. The fourth-order valence-corrected chi connectivity index (χ4v) is 3.56. The van der Waals surface area contributed by atoms with Crippen LogP contribution in [0.25, 0.3) is 11.4 Å². The maximum Gasteiger partial charge on any atom is 0.416 e. The van der Waals surface area contributed by atoms with Gasteiger partial charge in [-0.2, -0.15) is 18.0 Å². The quantitative estimate of drug-likeness (QED) is 0.424. The second-order valence-electron chi connectivity index (χ2n) is 7.34. The summed E-state index contributed by atoms with van der Waals surface area (Å²) in [5.41, 5.74) is -0.185. The lowest BCUT2D eigenvalue weighted by atomic mass is 10.1. The number of para-hydroxylation sites is 2. The summed E-state index contributed by atoms with van der Waals surface area (Å²) >= 11 is 0. The summed E-state index contributed by atoms with van der Waals surface area (Å²) < 4.78 is 38.7. The summed E-state index contributed by atoms with van der Waals surface area (Å²) in [4.78, 5) is 27.9. The Balaban J connectivity index is 1.38. The number of nitro benzene ring substituents is 1. The number of piperazine rings is 1. The van der Waals surface area contributed by atoms with Gasteiger partial charge in [0.1, 0.15) is 12.2 Å². The smallest absolute Gasteiger partial charge is 0.362 e. The van der Waals surface area contributed by atoms with Crippen LogP contribution in [-0.4, -0.2) is 62.1 Å². The SMILES string of the molecule is O=C(Cn1nnc(-c2cccc(C(F)(F)F)c2)n1)N1CCN(c2ccccc2[N+](=O)[O-])CC1. The number of halogens is 3. The van der Waals surface area contributed by atoms with E-state index in [2.05, 4.69) is 15.4 Å². The predicted molar refractivity (Wildman–Crippen MR) is 110 cm³/mol. The number of rotatable bonds is 5. The molecule has 13 heteroatoms. The maximum absolute atomic E-state index is 12.9. The van der Waals surface area contributed by atoms with Crippen LogP contribution < -0.4 is 4.90 Å². The summed E-state index contributed by atoms with van der Waals surface area (Å²) in [5, 5.41) is 22.8. The first-order valence-corrected chi connectivity index (χ1v) is 9.94. The third-order valence-corrected chi connectivity index (χ3v) is 5.23. The molecule has 0 N–H and O–H groups in total. The Kier molecular flexibility index (Phi) is 5.94. The minimum absolute atomic E-state index is 0.00575. The first kappa shape index (κ1) is 22.2. The average molecular weight is 461 g/mol. The van der Waals surface area contributed by atoms with Gasteiger partial charge >= 0.3 is 6.18 Å². The highest BCUT2D eigenvalue weighted by molar-refractivity contribution is 5.76. The van der Waals surface area contributed by atoms with Gasteiger partial charge in [0.15, 0.2) is 0 Å². The Bertz CT molecular complexity index is 1170. The Hall–Kier alpha value is -4.03. The van der Waals surface area contributed by atoms with Crippen molar-refractivity contribution >= 4 is 17.3 Å². The fourth-order valence-electron chi connectivity index (χ4n) is 3.56. The van der Waals surface area contributed by atoms with Crippen LogP contribution in [0.2, 0.25) is 0 Å². The highest BCUT2D eigenvalue weighted by Gasteiger charge is 2.31. The molecule has 1 aromatic heterocycles. The Labute approximate surface area is 185 Å². The molecule has 1 aliphatic heterocycles. The number of tetrazole rings is 1. The first-order chi connectivity index (χ1) is 15.7. The fraction of sp³-hybridized carbons (Fsp3) is 0.300. The monoisotopic (exact) mass is 461 g/mol. The Morgan fingerprint density at radius 2 is 1.79 bits per heavy atom. The molecule has 3 aromatic rings. The molecular weight excluding hydrogens is 443 g/mol. The van der Waals surface area contributed by atoms with E-state index < -0.39 is 16.7 Å². The molecule has 1 fully saturated rings. The lowest BCUT2D eigenvalue weighted by molar-refractivity contribution is -0.384. The van der Waals surface area contributed by atoms with Crippen LogP contribution >= 0.6 is 0 Å². The summed E-state index contributed by atoms with van der Waals surface area (Å²) in [6.07, 6.45) is -4.50. The van der Waals surface area contributed by atoms with Crippen molar-refractivity contribution in [2.45, 2.75) is 12.7 Å². The predicted octanol–water partition coefficient (Wildman–Crippen LogP) is 2.62. The topological polar surface area (TPSA) is 110 Å². The maximum atomic E-state index is 12.9. The summed E-state index contributed by atoms with van der Waals surface area (Å²) in [5.74, 6) is -0.305. The molecule has 2 aromatic carbocycles. The number of amides is 1. The van der Waals surface area contributed by atoms with Gasteiger partial charge < -0.3 is 9.80 Å². The van der Waals surface area contributed by atoms with Crippen molar-refractivity contribution in [3.63, 3.8) is 0 Å². The molecule has 0 saturated carbocycles. The molecule has 0 radical (unpaired) electrons. The molecule has 1 aliphatic rings. The number of benzene rings is 2. The highest BCUT2D eigenvalue weighted by atomic mass is 19.4. The van der Waals surface area contributed by atoms with Crippen molar-refractivity contribution in [1.82, 2.24) is 25.1 Å². The van der Waals surface area contributed by atoms with Crippen LogP contribution in [0.4, 0.5) is 24.5 Å². The zero-order valence-corrected chi connectivity index (χ0v) is 17.1. The van der Waals surface area contributed by atoms with Crippen LogP contribution in [0.1, 0.15) is 5.56 Å². The second kappa shape index (κ2) is 8.84. The molecule has 4 rings (SSSR count). The molecule has 0 bridgehead atoms. The lowest BCUT2D eigenvalue weighted by Crippen LogP contribution is -2.49. The molecular formula is C20H18F3N7O3. The molecule has 0 aliphatic carbocycles. The number of nitrogens with zero attached hydrogens (tertiary/aromatic N) is 7. The number of nitro groups is 1. The summed E-state index contributed by atoms with van der Waals surface area (Å²) in [6.45, 7) is 1.30. The molecule has 2 heterocycles. The van der Waals surface area contributed by atoms with Gasteiger partial charge in [0, 0.05) is 37.8 Å².